The van der Waals surface area contributed by atoms with Crippen molar-refractivity contribution < 1.29 is 0 Å². The molecule has 0 fully saturated rings. The van der Waals surface area contributed by atoms with Crippen molar-refractivity contribution in [2.75, 3.05) is 20.6 Å². The predicted molar refractivity (Wildman–Crippen MR) is 63.2 cm³/mol. The van der Waals surface area contributed by atoms with Gasteiger partial charge in [-0.25, -0.2) is 0 Å². The molecule has 1 aromatic rings. The van der Waals surface area contributed by atoms with E-state index >= 15 is 0 Å². The number of benzene rings is 1. The van der Waals surface area contributed by atoms with Crippen molar-refractivity contribution in [3.05, 3.63) is 35.9 Å². The molecule has 0 aliphatic carbocycles. The highest BCUT2D eigenvalue weighted by Gasteiger charge is 1.80. The number of hydrogen-bond acceptors (Lipinski definition) is 2. The van der Waals surface area contributed by atoms with Crippen LogP contribution in [0.15, 0.2) is 30.3 Å². The van der Waals surface area contributed by atoms with Crippen LogP contribution in [0, 0.1) is 0 Å². The minimum absolute atomic E-state index is 0.640. The van der Waals surface area contributed by atoms with Gasteiger partial charge in [-0.1, -0.05) is 37.3 Å². The normalized spacial score (nSPS) is 9.50. The Morgan fingerprint density at radius 1 is 1.14 bits per heavy atom. The van der Waals surface area contributed by atoms with Crippen LogP contribution < -0.4 is 5.73 Å². The van der Waals surface area contributed by atoms with Crippen LogP contribution in [-0.2, 0) is 6.54 Å². The third-order valence-corrected chi connectivity index (χ3v) is 1.75. The highest BCUT2D eigenvalue weighted by Crippen LogP contribution is 1.94. The first kappa shape index (κ1) is 13.1. The van der Waals surface area contributed by atoms with Crippen LogP contribution in [0.25, 0.3) is 0 Å². The molecule has 1 rings (SSSR count). The number of hydrogen-bond donors (Lipinski definition) is 1. The summed E-state index contributed by atoms with van der Waals surface area (Å²) in [4.78, 5) is 2.18. The van der Waals surface area contributed by atoms with Crippen molar-refractivity contribution in [2.45, 2.75) is 19.9 Å². The van der Waals surface area contributed by atoms with E-state index in [0.29, 0.717) is 6.54 Å². The molecule has 0 unspecified atom stereocenters. The van der Waals surface area contributed by atoms with E-state index in [1.165, 1.54) is 18.5 Å². The van der Waals surface area contributed by atoms with Crippen molar-refractivity contribution in [1.82, 2.24) is 4.90 Å². The highest BCUT2D eigenvalue weighted by atomic mass is 15.0. The molecule has 0 atom stereocenters. The molecule has 0 amide bonds. The van der Waals surface area contributed by atoms with E-state index in [2.05, 4.69) is 25.9 Å². The van der Waals surface area contributed by atoms with Crippen LogP contribution in [0.4, 0.5) is 0 Å². The van der Waals surface area contributed by atoms with Crippen LogP contribution >= 0.6 is 0 Å². The smallest absolute Gasteiger partial charge is 0.0178 e. The van der Waals surface area contributed by atoms with Gasteiger partial charge in [0.15, 0.2) is 0 Å². The Kier molecular flexibility index (Phi) is 8.19. The van der Waals surface area contributed by atoms with E-state index in [0.717, 1.165) is 0 Å². The molecule has 2 nitrogen and oxygen atoms in total. The van der Waals surface area contributed by atoms with E-state index in [9.17, 15) is 0 Å². The van der Waals surface area contributed by atoms with E-state index in [1.54, 1.807) is 0 Å². The lowest BCUT2D eigenvalue weighted by molar-refractivity contribution is 0.408. The largest absolute Gasteiger partial charge is 0.326 e. The summed E-state index contributed by atoms with van der Waals surface area (Å²) < 4.78 is 0. The van der Waals surface area contributed by atoms with E-state index in [1.807, 2.05) is 30.3 Å². The molecule has 2 heteroatoms. The van der Waals surface area contributed by atoms with E-state index in [4.69, 9.17) is 5.73 Å². The maximum Gasteiger partial charge on any atom is 0.0178 e. The van der Waals surface area contributed by atoms with Crippen LogP contribution in [0.3, 0.4) is 0 Å². The quantitative estimate of drug-likeness (QED) is 0.798. The molecule has 0 heterocycles. The standard InChI is InChI=1S/C7H9N.C5H13N/c8-6-7-4-2-1-3-5-7;1-4-5-6(2)3/h1-5H,6,8H2;4-5H2,1-3H3. The Morgan fingerprint density at radius 3 is 1.93 bits per heavy atom. The zero-order chi connectivity index (χ0) is 10.8. The number of nitrogens with two attached hydrogens (primary N) is 1. The molecule has 0 spiro atoms. The lowest BCUT2D eigenvalue weighted by Gasteiger charge is -2.03. The predicted octanol–water partition coefficient (Wildman–Crippen LogP) is 2.10. The van der Waals surface area contributed by atoms with Gasteiger partial charge in [0.2, 0.25) is 0 Å². The summed E-state index contributed by atoms with van der Waals surface area (Å²) >= 11 is 0. The van der Waals surface area contributed by atoms with Gasteiger partial charge in [0.1, 0.15) is 0 Å². The molecule has 0 saturated carbocycles. The fourth-order valence-corrected chi connectivity index (χ4v) is 1.06. The van der Waals surface area contributed by atoms with Gasteiger partial charge >= 0.3 is 0 Å². The van der Waals surface area contributed by atoms with Crippen LogP contribution in [-0.4, -0.2) is 25.5 Å². The molecule has 2 N–H and O–H groups in total. The molecule has 0 radical (unpaired) electrons. The lowest BCUT2D eigenvalue weighted by Crippen LogP contribution is -2.11. The summed E-state index contributed by atoms with van der Waals surface area (Å²) in [5.74, 6) is 0. The summed E-state index contributed by atoms with van der Waals surface area (Å²) in [6.07, 6.45) is 1.26. The SMILES string of the molecule is CCCN(C)C.NCc1ccccc1. The topological polar surface area (TPSA) is 29.3 Å². The van der Waals surface area contributed by atoms with Gasteiger partial charge in [-0.05, 0) is 32.6 Å². The summed E-state index contributed by atoms with van der Waals surface area (Å²) in [5.41, 5.74) is 6.54. The van der Waals surface area contributed by atoms with Gasteiger partial charge in [-0.15, -0.1) is 0 Å². The van der Waals surface area contributed by atoms with Gasteiger partial charge in [-0.3, -0.25) is 0 Å². The average Bonchev–Trinajstić information content (AvgIpc) is 2.20. The monoisotopic (exact) mass is 194 g/mol. The van der Waals surface area contributed by atoms with Gasteiger partial charge in [0.05, 0.1) is 0 Å². The Labute approximate surface area is 87.7 Å². The molecule has 0 aromatic heterocycles. The van der Waals surface area contributed by atoms with Crippen molar-refractivity contribution in [3.63, 3.8) is 0 Å². The first-order valence-electron chi connectivity index (χ1n) is 5.09. The summed E-state index contributed by atoms with van der Waals surface area (Å²) in [5, 5.41) is 0. The molecule has 80 valence electrons. The molecule has 1 aromatic carbocycles. The molecule has 14 heavy (non-hydrogen) atoms. The fraction of sp³-hybridized carbons (Fsp3) is 0.500. The molecule has 0 aliphatic heterocycles. The second kappa shape index (κ2) is 8.73. The summed E-state index contributed by atoms with van der Waals surface area (Å²) in [6.45, 7) is 4.03. The van der Waals surface area contributed by atoms with E-state index < -0.39 is 0 Å². The lowest BCUT2D eigenvalue weighted by atomic mass is 10.2. The maximum atomic E-state index is 5.35. The second-order valence-corrected chi connectivity index (χ2v) is 3.49. The van der Waals surface area contributed by atoms with Gasteiger partial charge in [0.25, 0.3) is 0 Å². The molecule has 0 saturated heterocycles. The van der Waals surface area contributed by atoms with Gasteiger partial charge in [-0.2, -0.15) is 0 Å². The Morgan fingerprint density at radius 2 is 1.71 bits per heavy atom. The molecular weight excluding hydrogens is 172 g/mol. The zero-order valence-corrected chi connectivity index (χ0v) is 9.53. The molecular formula is C12H22N2. The average molecular weight is 194 g/mol. The number of rotatable bonds is 3. The third-order valence-electron chi connectivity index (χ3n) is 1.75. The first-order valence-corrected chi connectivity index (χ1v) is 5.09. The van der Waals surface area contributed by atoms with Crippen LogP contribution in [0.2, 0.25) is 0 Å². The summed E-state index contributed by atoms with van der Waals surface area (Å²) in [6, 6.07) is 9.99. The fourth-order valence-electron chi connectivity index (χ4n) is 1.06. The van der Waals surface area contributed by atoms with E-state index in [-0.39, 0.29) is 0 Å². The Hall–Kier alpha value is -0.860. The van der Waals surface area contributed by atoms with Crippen LogP contribution in [0.1, 0.15) is 18.9 Å². The van der Waals surface area contributed by atoms with Crippen LogP contribution in [0.5, 0.6) is 0 Å². The first-order chi connectivity index (χ1) is 6.70. The third kappa shape index (κ3) is 7.77. The highest BCUT2D eigenvalue weighted by molar-refractivity contribution is 5.13. The minimum atomic E-state index is 0.640. The van der Waals surface area contributed by atoms with Crippen molar-refractivity contribution in [2.24, 2.45) is 5.73 Å². The van der Waals surface area contributed by atoms with Gasteiger partial charge in [0, 0.05) is 6.54 Å². The summed E-state index contributed by atoms with van der Waals surface area (Å²) in [7, 11) is 4.17. The zero-order valence-electron chi connectivity index (χ0n) is 9.53. The molecule has 0 aliphatic rings. The maximum absolute atomic E-state index is 5.35. The Bertz CT molecular complexity index is 207. The van der Waals surface area contributed by atoms with Crippen molar-refractivity contribution >= 4 is 0 Å². The van der Waals surface area contributed by atoms with Crippen molar-refractivity contribution in [3.8, 4) is 0 Å². The number of nitrogens with zero attached hydrogens (tertiary/aromatic N) is 1. The van der Waals surface area contributed by atoms with Gasteiger partial charge < -0.3 is 10.6 Å². The van der Waals surface area contributed by atoms with Crippen molar-refractivity contribution in [1.29, 1.82) is 0 Å². The minimum Gasteiger partial charge on any atom is -0.326 e. The molecule has 0 bridgehead atoms. The Balaban J connectivity index is 0.000000255. The second-order valence-electron chi connectivity index (χ2n) is 3.49.